The Kier molecular flexibility index (Phi) is 6.26. The number of phenolic OH excluding ortho intramolecular Hbond substituents is 1. The van der Waals surface area contributed by atoms with E-state index in [-0.39, 0.29) is 12.0 Å². The molecule has 0 radical (unpaired) electrons. The number of benzene rings is 3. The zero-order valence-electron chi connectivity index (χ0n) is 14.5. The topological polar surface area (TPSA) is 32.3 Å². The first-order valence-electron chi connectivity index (χ1n) is 8.62. The summed E-state index contributed by atoms with van der Waals surface area (Å²) in [4.78, 5) is 0. The minimum atomic E-state index is 0.0441. The molecule has 26 heavy (non-hydrogen) atoms. The van der Waals surface area contributed by atoms with Crippen LogP contribution in [0.2, 0.25) is 0 Å². The van der Waals surface area contributed by atoms with Crippen LogP contribution in [0.3, 0.4) is 0 Å². The normalized spacial score (nSPS) is 13.1. The molecular weight excluding hydrogens is 386 g/mol. The maximum atomic E-state index is 10.1. The van der Waals surface area contributed by atoms with E-state index in [2.05, 4.69) is 64.2 Å². The van der Waals surface area contributed by atoms with Crippen molar-refractivity contribution >= 4 is 15.9 Å². The summed E-state index contributed by atoms with van der Waals surface area (Å²) in [5, 5.41) is 13.7. The van der Waals surface area contributed by atoms with Gasteiger partial charge in [-0.2, -0.15) is 0 Å². The van der Waals surface area contributed by atoms with Gasteiger partial charge >= 0.3 is 0 Å². The highest BCUT2D eigenvalue weighted by atomic mass is 79.9. The monoisotopic (exact) mass is 407 g/mol. The summed E-state index contributed by atoms with van der Waals surface area (Å²) in [5.74, 6) is 0.424. The van der Waals surface area contributed by atoms with E-state index in [9.17, 15) is 5.11 Å². The van der Waals surface area contributed by atoms with Crippen LogP contribution in [0.4, 0.5) is 0 Å². The van der Waals surface area contributed by atoms with Crippen LogP contribution in [-0.4, -0.2) is 5.11 Å². The molecule has 2 N–H and O–H groups in total. The SMILES string of the molecule is C=C[C@H](c1ccccc1)[C@H](NCc1ccccc1O)c1ccc(Br)cc1. The molecule has 0 aliphatic carbocycles. The molecule has 0 aliphatic heterocycles. The van der Waals surface area contributed by atoms with E-state index in [1.54, 1.807) is 6.07 Å². The Hall–Kier alpha value is -2.36. The molecule has 0 saturated heterocycles. The molecule has 3 rings (SSSR count). The molecular formula is C23H22BrNO. The van der Waals surface area contributed by atoms with Gasteiger partial charge in [0.1, 0.15) is 5.75 Å². The summed E-state index contributed by atoms with van der Waals surface area (Å²) in [5.41, 5.74) is 3.27. The van der Waals surface area contributed by atoms with Gasteiger partial charge in [0.25, 0.3) is 0 Å². The lowest BCUT2D eigenvalue weighted by Gasteiger charge is -2.27. The Balaban J connectivity index is 1.92. The minimum absolute atomic E-state index is 0.0441. The van der Waals surface area contributed by atoms with Crippen molar-refractivity contribution in [1.82, 2.24) is 5.32 Å². The smallest absolute Gasteiger partial charge is 0.120 e. The van der Waals surface area contributed by atoms with Crippen molar-refractivity contribution < 1.29 is 5.11 Å². The summed E-state index contributed by atoms with van der Waals surface area (Å²) in [6.07, 6.45) is 1.99. The number of aromatic hydroxyl groups is 1. The standard InChI is InChI=1S/C23H22BrNO/c1-2-21(17-8-4-3-5-9-17)23(18-12-14-20(24)15-13-18)25-16-19-10-6-7-11-22(19)26/h2-15,21,23,25-26H,1,16H2/t21-,23-/m1/s1. The predicted molar refractivity (Wildman–Crippen MR) is 111 cm³/mol. The molecule has 3 aromatic rings. The molecule has 2 atom stereocenters. The third-order valence-corrected chi connectivity index (χ3v) is 5.06. The van der Waals surface area contributed by atoms with Crippen LogP contribution in [0.5, 0.6) is 5.75 Å². The number of halogens is 1. The van der Waals surface area contributed by atoms with Gasteiger partial charge in [0, 0.05) is 28.5 Å². The molecule has 0 bridgehead atoms. The summed E-state index contributed by atoms with van der Waals surface area (Å²) < 4.78 is 1.05. The quantitative estimate of drug-likeness (QED) is 0.473. The molecule has 0 heterocycles. The Morgan fingerprint density at radius 3 is 2.19 bits per heavy atom. The van der Waals surface area contributed by atoms with Crippen molar-refractivity contribution in [3.05, 3.63) is 113 Å². The number of para-hydroxylation sites is 1. The maximum Gasteiger partial charge on any atom is 0.120 e. The molecule has 0 aromatic heterocycles. The highest BCUT2D eigenvalue weighted by Gasteiger charge is 2.22. The lowest BCUT2D eigenvalue weighted by molar-refractivity contribution is 0.449. The average molecular weight is 408 g/mol. The van der Waals surface area contributed by atoms with Crippen LogP contribution in [0.15, 0.2) is 96.0 Å². The number of phenols is 1. The molecule has 0 spiro atoms. The number of nitrogens with one attached hydrogen (secondary N) is 1. The van der Waals surface area contributed by atoms with Crippen LogP contribution in [0.25, 0.3) is 0 Å². The Bertz CT molecular complexity index is 846. The Morgan fingerprint density at radius 2 is 1.54 bits per heavy atom. The zero-order valence-corrected chi connectivity index (χ0v) is 16.1. The Morgan fingerprint density at radius 1 is 0.885 bits per heavy atom. The first-order chi connectivity index (χ1) is 12.7. The predicted octanol–water partition coefficient (Wildman–Crippen LogP) is 5.96. The van der Waals surface area contributed by atoms with Crippen LogP contribution in [-0.2, 0) is 6.54 Å². The van der Waals surface area contributed by atoms with E-state index in [1.807, 2.05) is 42.5 Å². The second-order valence-corrected chi connectivity index (χ2v) is 7.13. The van der Waals surface area contributed by atoms with Gasteiger partial charge in [-0.3, -0.25) is 0 Å². The summed E-state index contributed by atoms with van der Waals surface area (Å²) in [7, 11) is 0. The number of hydrogen-bond acceptors (Lipinski definition) is 2. The van der Waals surface area contributed by atoms with E-state index in [1.165, 1.54) is 11.1 Å². The van der Waals surface area contributed by atoms with Crippen LogP contribution < -0.4 is 5.32 Å². The first kappa shape index (κ1) is 18.4. The third-order valence-electron chi connectivity index (χ3n) is 4.53. The van der Waals surface area contributed by atoms with Crippen molar-refractivity contribution in [2.24, 2.45) is 0 Å². The van der Waals surface area contributed by atoms with Gasteiger partial charge in [-0.25, -0.2) is 0 Å². The van der Waals surface area contributed by atoms with E-state index in [0.29, 0.717) is 12.3 Å². The molecule has 2 nitrogen and oxygen atoms in total. The van der Waals surface area contributed by atoms with Gasteiger partial charge in [-0.1, -0.05) is 82.7 Å². The summed E-state index contributed by atoms with van der Waals surface area (Å²) in [6, 6.07) is 26.2. The fraction of sp³-hybridized carbons (Fsp3) is 0.130. The molecule has 0 unspecified atom stereocenters. The molecule has 0 saturated carbocycles. The minimum Gasteiger partial charge on any atom is -0.508 e. The average Bonchev–Trinajstić information content (AvgIpc) is 2.68. The molecule has 0 amide bonds. The molecule has 0 fully saturated rings. The van der Waals surface area contributed by atoms with Gasteiger partial charge < -0.3 is 10.4 Å². The van der Waals surface area contributed by atoms with E-state index < -0.39 is 0 Å². The Labute approximate surface area is 163 Å². The zero-order chi connectivity index (χ0) is 18.4. The third kappa shape index (κ3) is 4.43. The number of hydrogen-bond donors (Lipinski definition) is 2. The molecule has 0 aliphatic rings. The molecule has 3 aromatic carbocycles. The van der Waals surface area contributed by atoms with E-state index >= 15 is 0 Å². The van der Waals surface area contributed by atoms with Crippen molar-refractivity contribution in [3.63, 3.8) is 0 Å². The summed E-state index contributed by atoms with van der Waals surface area (Å²) >= 11 is 3.51. The fourth-order valence-corrected chi connectivity index (χ4v) is 3.41. The largest absolute Gasteiger partial charge is 0.508 e. The van der Waals surface area contributed by atoms with E-state index in [4.69, 9.17) is 0 Å². The van der Waals surface area contributed by atoms with Gasteiger partial charge in [0.15, 0.2) is 0 Å². The van der Waals surface area contributed by atoms with Crippen molar-refractivity contribution in [1.29, 1.82) is 0 Å². The van der Waals surface area contributed by atoms with Crippen molar-refractivity contribution in [2.75, 3.05) is 0 Å². The molecule has 3 heteroatoms. The first-order valence-corrected chi connectivity index (χ1v) is 9.41. The lowest BCUT2D eigenvalue weighted by atomic mass is 9.87. The second-order valence-electron chi connectivity index (χ2n) is 6.21. The fourth-order valence-electron chi connectivity index (χ4n) is 3.14. The van der Waals surface area contributed by atoms with Crippen molar-refractivity contribution in [2.45, 2.75) is 18.5 Å². The van der Waals surface area contributed by atoms with Gasteiger partial charge in [-0.05, 0) is 29.3 Å². The van der Waals surface area contributed by atoms with Gasteiger partial charge in [0.2, 0.25) is 0 Å². The second kappa shape index (κ2) is 8.84. The van der Waals surface area contributed by atoms with Crippen LogP contribution >= 0.6 is 15.9 Å². The summed E-state index contributed by atoms with van der Waals surface area (Å²) in [6.45, 7) is 4.65. The van der Waals surface area contributed by atoms with Gasteiger partial charge in [0.05, 0.1) is 0 Å². The highest BCUT2D eigenvalue weighted by molar-refractivity contribution is 9.10. The highest BCUT2D eigenvalue weighted by Crippen LogP contribution is 2.33. The van der Waals surface area contributed by atoms with Crippen molar-refractivity contribution in [3.8, 4) is 5.75 Å². The molecule has 132 valence electrons. The van der Waals surface area contributed by atoms with E-state index in [0.717, 1.165) is 10.0 Å². The van der Waals surface area contributed by atoms with Crippen LogP contribution in [0, 0.1) is 0 Å². The lowest BCUT2D eigenvalue weighted by Crippen LogP contribution is -2.26. The van der Waals surface area contributed by atoms with Crippen LogP contribution in [0.1, 0.15) is 28.7 Å². The maximum absolute atomic E-state index is 10.1. The van der Waals surface area contributed by atoms with Gasteiger partial charge in [-0.15, -0.1) is 6.58 Å². The number of rotatable bonds is 7.